The first-order valence-corrected chi connectivity index (χ1v) is 7.23. The molecule has 1 N–H and O–H groups in total. The van der Waals surface area contributed by atoms with Gasteiger partial charge in [0.2, 0.25) is 0 Å². The molecule has 2 rings (SSSR count). The number of aryl methyl sites for hydroxylation is 2. The number of aliphatic carboxylic acids is 1. The summed E-state index contributed by atoms with van der Waals surface area (Å²) in [6.07, 6.45) is 0. The molecule has 0 spiro atoms. The number of carbonyl (C=O) groups is 2. The molecule has 21 heavy (non-hydrogen) atoms. The van der Waals surface area contributed by atoms with Gasteiger partial charge in [0.05, 0.1) is 0 Å². The van der Waals surface area contributed by atoms with Crippen molar-refractivity contribution in [3.05, 3.63) is 34.9 Å². The van der Waals surface area contributed by atoms with Crippen LogP contribution in [0.15, 0.2) is 18.2 Å². The highest BCUT2D eigenvalue weighted by molar-refractivity contribution is 6.31. The van der Waals surface area contributed by atoms with E-state index in [2.05, 4.69) is 43.9 Å². The lowest BCUT2D eigenvalue weighted by molar-refractivity contribution is -0.157. The van der Waals surface area contributed by atoms with E-state index in [9.17, 15) is 9.59 Å². The number of amides is 1. The van der Waals surface area contributed by atoms with Crippen molar-refractivity contribution in [3.63, 3.8) is 0 Å². The molecule has 1 atom stereocenters. The average Bonchev–Trinajstić information content (AvgIpc) is 2.48. The van der Waals surface area contributed by atoms with E-state index in [0.717, 1.165) is 0 Å². The molecule has 0 saturated carbocycles. The van der Waals surface area contributed by atoms with Crippen molar-refractivity contribution < 1.29 is 14.7 Å². The van der Waals surface area contributed by atoms with Gasteiger partial charge in [0.25, 0.3) is 0 Å². The average molecular weight is 290 g/mol. The quantitative estimate of drug-likeness (QED) is 0.840. The van der Waals surface area contributed by atoms with Crippen molar-refractivity contribution in [3.8, 4) is 0 Å². The van der Waals surface area contributed by atoms with Gasteiger partial charge in [0.1, 0.15) is 0 Å². The van der Waals surface area contributed by atoms with Gasteiger partial charge in [-0.1, -0.05) is 18.2 Å². The number of rotatable bonds is 2. The van der Waals surface area contributed by atoms with Gasteiger partial charge < -0.3 is 10.0 Å². The highest BCUT2D eigenvalue weighted by Gasteiger charge is 2.27. The summed E-state index contributed by atoms with van der Waals surface area (Å²) < 4.78 is 0. The maximum absolute atomic E-state index is 11.4. The summed E-state index contributed by atoms with van der Waals surface area (Å²) in [5, 5.41) is 8.74. The van der Waals surface area contributed by atoms with E-state index in [1.807, 2.05) is 0 Å². The van der Waals surface area contributed by atoms with E-state index >= 15 is 0 Å². The van der Waals surface area contributed by atoms with Crippen LogP contribution in [0.1, 0.15) is 29.7 Å². The van der Waals surface area contributed by atoms with Crippen LogP contribution in [-0.4, -0.2) is 53.0 Å². The molecule has 1 aromatic carbocycles. The molecular formula is C16H22N2O3. The molecule has 1 amide bonds. The number of piperazine rings is 1. The smallest absolute Gasteiger partial charge is 0.394 e. The first-order valence-electron chi connectivity index (χ1n) is 7.23. The minimum atomic E-state index is -1.37. The highest BCUT2D eigenvalue weighted by Crippen LogP contribution is 2.23. The largest absolute Gasteiger partial charge is 0.474 e. The molecule has 5 heteroatoms. The number of hydrogen-bond donors (Lipinski definition) is 1. The molecule has 1 fully saturated rings. The summed E-state index contributed by atoms with van der Waals surface area (Å²) in [6, 6.07) is 6.74. The van der Waals surface area contributed by atoms with Gasteiger partial charge in [-0.05, 0) is 37.5 Å². The Balaban J connectivity index is 1.99. The summed E-state index contributed by atoms with van der Waals surface area (Å²) in [4.78, 5) is 25.8. The SMILES string of the molecule is Cc1ccc(C(C)N2CCN(C(=O)C(=O)O)CC2)cc1C. The lowest BCUT2D eigenvalue weighted by Gasteiger charge is -2.37. The zero-order chi connectivity index (χ0) is 15.6. The summed E-state index contributed by atoms with van der Waals surface area (Å²) >= 11 is 0. The standard InChI is InChI=1S/C16H22N2O3/c1-11-4-5-14(10-12(11)2)13(3)17-6-8-18(9-7-17)15(19)16(20)21/h4-5,10,13H,6-9H2,1-3H3,(H,20,21). The number of nitrogens with zero attached hydrogens (tertiary/aromatic N) is 2. The van der Waals surface area contributed by atoms with Gasteiger partial charge in [-0.3, -0.25) is 9.69 Å². The van der Waals surface area contributed by atoms with E-state index < -0.39 is 11.9 Å². The van der Waals surface area contributed by atoms with E-state index in [4.69, 9.17) is 5.11 Å². The van der Waals surface area contributed by atoms with Gasteiger partial charge in [-0.25, -0.2) is 4.79 Å². The second-order valence-electron chi connectivity index (χ2n) is 5.65. The van der Waals surface area contributed by atoms with Crippen LogP contribution in [0.5, 0.6) is 0 Å². The fourth-order valence-electron chi connectivity index (χ4n) is 2.68. The number of hydrogen-bond acceptors (Lipinski definition) is 3. The summed E-state index contributed by atoms with van der Waals surface area (Å²) in [5.74, 6) is -2.17. The lowest BCUT2D eigenvalue weighted by atomic mass is 10.0. The monoisotopic (exact) mass is 290 g/mol. The molecule has 5 nitrogen and oxygen atoms in total. The molecular weight excluding hydrogens is 268 g/mol. The molecule has 0 aliphatic carbocycles. The van der Waals surface area contributed by atoms with Gasteiger partial charge in [0, 0.05) is 32.2 Å². The minimum Gasteiger partial charge on any atom is -0.474 e. The zero-order valence-corrected chi connectivity index (χ0v) is 12.8. The normalized spacial score (nSPS) is 17.6. The maximum Gasteiger partial charge on any atom is 0.394 e. The predicted molar refractivity (Wildman–Crippen MR) is 80.1 cm³/mol. The molecule has 1 aliphatic heterocycles. The Labute approximate surface area is 125 Å². The number of carbonyl (C=O) groups excluding carboxylic acids is 1. The Bertz CT molecular complexity index is 548. The van der Waals surface area contributed by atoms with Crippen LogP contribution in [0.3, 0.4) is 0 Å². The second kappa shape index (κ2) is 6.26. The highest BCUT2D eigenvalue weighted by atomic mass is 16.4. The summed E-state index contributed by atoms with van der Waals surface area (Å²) in [6.45, 7) is 8.70. The van der Waals surface area contributed by atoms with Crippen LogP contribution >= 0.6 is 0 Å². The molecule has 1 aromatic rings. The molecule has 1 unspecified atom stereocenters. The second-order valence-corrected chi connectivity index (χ2v) is 5.65. The number of carboxylic acids is 1. The summed E-state index contributed by atoms with van der Waals surface area (Å²) in [5.41, 5.74) is 3.82. The molecule has 0 aromatic heterocycles. The maximum atomic E-state index is 11.4. The fraction of sp³-hybridized carbons (Fsp3) is 0.500. The van der Waals surface area contributed by atoms with Crippen LogP contribution in [0.4, 0.5) is 0 Å². The van der Waals surface area contributed by atoms with Gasteiger partial charge in [0.15, 0.2) is 0 Å². The van der Waals surface area contributed by atoms with E-state index in [-0.39, 0.29) is 6.04 Å². The van der Waals surface area contributed by atoms with E-state index in [1.54, 1.807) is 0 Å². The Morgan fingerprint density at radius 2 is 1.71 bits per heavy atom. The lowest BCUT2D eigenvalue weighted by Crippen LogP contribution is -2.51. The molecule has 0 radical (unpaired) electrons. The number of benzene rings is 1. The Morgan fingerprint density at radius 1 is 1.10 bits per heavy atom. The van der Waals surface area contributed by atoms with E-state index in [0.29, 0.717) is 26.2 Å². The van der Waals surface area contributed by atoms with Crippen LogP contribution in [0.2, 0.25) is 0 Å². The Hall–Kier alpha value is -1.88. The molecule has 1 heterocycles. The van der Waals surface area contributed by atoms with Crippen molar-refractivity contribution in [1.82, 2.24) is 9.80 Å². The van der Waals surface area contributed by atoms with Crippen LogP contribution < -0.4 is 0 Å². The third-order valence-corrected chi connectivity index (χ3v) is 4.35. The van der Waals surface area contributed by atoms with Crippen molar-refractivity contribution in [2.24, 2.45) is 0 Å². The fourth-order valence-corrected chi connectivity index (χ4v) is 2.68. The first kappa shape index (κ1) is 15.5. The van der Waals surface area contributed by atoms with Crippen molar-refractivity contribution in [2.45, 2.75) is 26.8 Å². The van der Waals surface area contributed by atoms with Crippen LogP contribution in [0.25, 0.3) is 0 Å². The van der Waals surface area contributed by atoms with Gasteiger partial charge in [-0.15, -0.1) is 0 Å². The third kappa shape index (κ3) is 3.42. The van der Waals surface area contributed by atoms with Crippen molar-refractivity contribution in [1.29, 1.82) is 0 Å². The van der Waals surface area contributed by atoms with Crippen LogP contribution in [0, 0.1) is 13.8 Å². The van der Waals surface area contributed by atoms with Crippen LogP contribution in [-0.2, 0) is 9.59 Å². The zero-order valence-electron chi connectivity index (χ0n) is 12.8. The van der Waals surface area contributed by atoms with E-state index in [1.165, 1.54) is 21.6 Å². The minimum absolute atomic E-state index is 0.270. The summed E-state index contributed by atoms with van der Waals surface area (Å²) in [7, 11) is 0. The third-order valence-electron chi connectivity index (χ3n) is 4.35. The van der Waals surface area contributed by atoms with Crippen molar-refractivity contribution >= 4 is 11.9 Å². The molecule has 1 aliphatic rings. The molecule has 1 saturated heterocycles. The predicted octanol–water partition coefficient (Wildman–Crippen LogP) is 1.59. The molecule has 114 valence electrons. The molecule has 0 bridgehead atoms. The van der Waals surface area contributed by atoms with Gasteiger partial charge in [-0.2, -0.15) is 0 Å². The van der Waals surface area contributed by atoms with Crippen molar-refractivity contribution in [2.75, 3.05) is 26.2 Å². The topological polar surface area (TPSA) is 60.9 Å². The van der Waals surface area contributed by atoms with Gasteiger partial charge >= 0.3 is 11.9 Å². The Morgan fingerprint density at radius 3 is 2.24 bits per heavy atom. The number of carboxylic acid groups (broad SMARTS) is 1. The first-order chi connectivity index (χ1) is 9.90. The Kier molecular flexibility index (Phi) is 4.63.